The second-order valence-corrected chi connectivity index (χ2v) is 7.72. The third-order valence-corrected chi connectivity index (χ3v) is 5.42. The Morgan fingerprint density at radius 1 is 0.818 bits per heavy atom. The van der Waals surface area contributed by atoms with Crippen LogP contribution in [0, 0.1) is 0 Å². The van der Waals surface area contributed by atoms with Gasteiger partial charge in [-0.25, -0.2) is 4.68 Å². The number of benzene rings is 4. The van der Waals surface area contributed by atoms with Crippen molar-refractivity contribution in [3.05, 3.63) is 115 Å². The molecule has 0 radical (unpaired) electrons. The molecule has 0 fully saturated rings. The second-order valence-electron chi connectivity index (χ2n) is 7.72. The van der Waals surface area contributed by atoms with E-state index in [2.05, 4.69) is 5.32 Å². The van der Waals surface area contributed by atoms with E-state index in [9.17, 15) is 4.79 Å². The highest BCUT2D eigenvalue weighted by atomic mass is 16.5. The van der Waals surface area contributed by atoms with E-state index in [4.69, 9.17) is 9.84 Å². The standard InChI is InChI=1S/C28H23N3O2/c32-27(20-33-26-16-15-21-9-7-8-12-23(21)17-26)29-18-24-19-31(25-13-5-2-6-14-25)30-28(24)22-10-3-1-4-11-22/h1-17,19H,18,20H2,(H,29,32). The minimum Gasteiger partial charge on any atom is -0.484 e. The number of hydrogen-bond donors (Lipinski definition) is 1. The average molecular weight is 434 g/mol. The topological polar surface area (TPSA) is 56.1 Å². The van der Waals surface area contributed by atoms with E-state index >= 15 is 0 Å². The predicted molar refractivity (Wildman–Crippen MR) is 130 cm³/mol. The van der Waals surface area contributed by atoms with Crippen LogP contribution in [0.4, 0.5) is 0 Å². The first kappa shape index (κ1) is 20.5. The van der Waals surface area contributed by atoms with Gasteiger partial charge in [0.1, 0.15) is 5.75 Å². The summed E-state index contributed by atoms with van der Waals surface area (Å²) in [6, 6.07) is 33.8. The highest BCUT2D eigenvalue weighted by molar-refractivity contribution is 5.84. The van der Waals surface area contributed by atoms with Gasteiger partial charge in [0.25, 0.3) is 5.91 Å². The van der Waals surface area contributed by atoms with E-state index in [0.717, 1.165) is 33.3 Å². The quantitative estimate of drug-likeness (QED) is 0.375. The largest absolute Gasteiger partial charge is 0.484 e. The Labute approximate surface area is 192 Å². The molecule has 0 aliphatic carbocycles. The minimum atomic E-state index is -0.186. The summed E-state index contributed by atoms with van der Waals surface area (Å²) in [6.07, 6.45) is 1.96. The summed E-state index contributed by atoms with van der Waals surface area (Å²) in [7, 11) is 0. The predicted octanol–water partition coefficient (Wildman–Crippen LogP) is 5.39. The lowest BCUT2D eigenvalue weighted by Gasteiger charge is -2.08. The summed E-state index contributed by atoms with van der Waals surface area (Å²) >= 11 is 0. The maximum Gasteiger partial charge on any atom is 0.258 e. The molecule has 5 nitrogen and oxygen atoms in total. The van der Waals surface area contributed by atoms with E-state index in [1.54, 1.807) is 0 Å². The van der Waals surface area contributed by atoms with Crippen LogP contribution in [0.25, 0.3) is 27.7 Å². The number of aromatic nitrogens is 2. The number of hydrogen-bond acceptors (Lipinski definition) is 3. The van der Waals surface area contributed by atoms with Gasteiger partial charge in [-0.05, 0) is 35.0 Å². The molecule has 0 spiro atoms. The summed E-state index contributed by atoms with van der Waals surface area (Å²) in [5, 5.41) is 9.97. The SMILES string of the molecule is O=C(COc1ccc2ccccc2c1)NCc1cn(-c2ccccc2)nc1-c1ccccc1. The molecule has 5 heteroatoms. The molecular weight excluding hydrogens is 410 g/mol. The zero-order chi connectivity index (χ0) is 22.5. The van der Waals surface area contributed by atoms with Crippen LogP contribution >= 0.6 is 0 Å². The van der Waals surface area contributed by atoms with Crippen molar-refractivity contribution in [1.29, 1.82) is 0 Å². The Hall–Kier alpha value is -4.38. The lowest BCUT2D eigenvalue weighted by atomic mass is 10.1. The fourth-order valence-electron chi connectivity index (χ4n) is 3.74. The van der Waals surface area contributed by atoms with Gasteiger partial charge in [-0.3, -0.25) is 4.79 Å². The molecule has 0 aliphatic heterocycles. The Morgan fingerprint density at radius 2 is 1.52 bits per heavy atom. The molecule has 33 heavy (non-hydrogen) atoms. The molecule has 5 aromatic rings. The van der Waals surface area contributed by atoms with E-state index in [0.29, 0.717) is 12.3 Å². The summed E-state index contributed by atoms with van der Waals surface area (Å²) in [5.74, 6) is 0.486. The fourth-order valence-corrected chi connectivity index (χ4v) is 3.74. The summed E-state index contributed by atoms with van der Waals surface area (Å²) < 4.78 is 7.56. The third kappa shape index (κ3) is 4.77. The molecule has 1 heterocycles. The van der Waals surface area contributed by atoms with Gasteiger partial charge in [0.2, 0.25) is 0 Å². The molecule has 0 aliphatic rings. The molecule has 0 saturated carbocycles. The highest BCUT2D eigenvalue weighted by Gasteiger charge is 2.13. The fraction of sp³-hybridized carbons (Fsp3) is 0.0714. The van der Waals surface area contributed by atoms with E-state index in [-0.39, 0.29) is 12.5 Å². The number of para-hydroxylation sites is 1. The van der Waals surface area contributed by atoms with Crippen molar-refractivity contribution >= 4 is 16.7 Å². The lowest BCUT2D eigenvalue weighted by Crippen LogP contribution is -2.28. The lowest BCUT2D eigenvalue weighted by molar-refractivity contribution is -0.123. The van der Waals surface area contributed by atoms with Crippen LogP contribution in [-0.4, -0.2) is 22.3 Å². The van der Waals surface area contributed by atoms with Crippen molar-refractivity contribution in [3.8, 4) is 22.7 Å². The van der Waals surface area contributed by atoms with Crippen molar-refractivity contribution in [1.82, 2.24) is 15.1 Å². The van der Waals surface area contributed by atoms with Crippen molar-refractivity contribution < 1.29 is 9.53 Å². The monoisotopic (exact) mass is 433 g/mol. The molecule has 4 aromatic carbocycles. The number of nitrogens with zero attached hydrogens (tertiary/aromatic N) is 2. The van der Waals surface area contributed by atoms with Crippen LogP contribution in [0.3, 0.4) is 0 Å². The Kier molecular flexibility index (Phi) is 5.85. The molecule has 0 atom stereocenters. The van der Waals surface area contributed by atoms with Crippen molar-refractivity contribution in [3.63, 3.8) is 0 Å². The van der Waals surface area contributed by atoms with Crippen LogP contribution in [0.5, 0.6) is 5.75 Å². The molecule has 0 unspecified atom stereocenters. The van der Waals surface area contributed by atoms with Gasteiger partial charge in [0, 0.05) is 23.9 Å². The first-order valence-electron chi connectivity index (χ1n) is 10.8. The van der Waals surface area contributed by atoms with Gasteiger partial charge in [0.15, 0.2) is 6.61 Å². The number of fused-ring (bicyclic) bond motifs is 1. The second kappa shape index (κ2) is 9.40. The zero-order valence-corrected chi connectivity index (χ0v) is 18.0. The number of nitrogens with one attached hydrogen (secondary N) is 1. The number of carbonyl (C=O) groups excluding carboxylic acids is 1. The maximum absolute atomic E-state index is 12.5. The molecule has 1 aromatic heterocycles. The smallest absolute Gasteiger partial charge is 0.258 e. The average Bonchev–Trinajstić information content (AvgIpc) is 3.31. The number of ether oxygens (including phenoxy) is 1. The number of rotatable bonds is 7. The zero-order valence-electron chi connectivity index (χ0n) is 18.0. The Bertz CT molecular complexity index is 1380. The van der Waals surface area contributed by atoms with Crippen LogP contribution in [0.2, 0.25) is 0 Å². The normalized spacial score (nSPS) is 10.8. The molecule has 0 saturated heterocycles. The van der Waals surface area contributed by atoms with Crippen molar-refractivity contribution in [2.45, 2.75) is 6.54 Å². The van der Waals surface area contributed by atoms with Gasteiger partial charge in [0.05, 0.1) is 11.4 Å². The van der Waals surface area contributed by atoms with E-state index < -0.39 is 0 Å². The van der Waals surface area contributed by atoms with Crippen LogP contribution < -0.4 is 10.1 Å². The van der Waals surface area contributed by atoms with Gasteiger partial charge >= 0.3 is 0 Å². The van der Waals surface area contributed by atoms with Gasteiger partial charge in [-0.15, -0.1) is 0 Å². The van der Waals surface area contributed by atoms with Crippen LogP contribution in [-0.2, 0) is 11.3 Å². The first-order chi connectivity index (χ1) is 16.3. The number of amides is 1. The van der Waals surface area contributed by atoms with E-state index in [1.807, 2.05) is 114 Å². The summed E-state index contributed by atoms with van der Waals surface area (Å²) in [5.41, 5.74) is 3.75. The molecular formula is C28H23N3O2. The Balaban J connectivity index is 1.29. The van der Waals surface area contributed by atoms with Crippen molar-refractivity contribution in [2.24, 2.45) is 0 Å². The summed E-state index contributed by atoms with van der Waals surface area (Å²) in [6.45, 7) is 0.308. The Morgan fingerprint density at radius 3 is 2.30 bits per heavy atom. The van der Waals surface area contributed by atoms with Gasteiger partial charge in [-0.2, -0.15) is 5.10 Å². The first-order valence-corrected chi connectivity index (χ1v) is 10.8. The highest BCUT2D eigenvalue weighted by Crippen LogP contribution is 2.24. The molecule has 1 amide bonds. The van der Waals surface area contributed by atoms with E-state index in [1.165, 1.54) is 0 Å². The number of carbonyl (C=O) groups is 1. The molecule has 1 N–H and O–H groups in total. The van der Waals surface area contributed by atoms with Crippen LogP contribution in [0.1, 0.15) is 5.56 Å². The van der Waals surface area contributed by atoms with Crippen molar-refractivity contribution in [2.75, 3.05) is 6.61 Å². The molecule has 162 valence electrons. The third-order valence-electron chi connectivity index (χ3n) is 5.42. The molecule has 0 bridgehead atoms. The maximum atomic E-state index is 12.5. The molecule has 5 rings (SSSR count). The van der Waals surface area contributed by atoms with Crippen LogP contribution in [0.15, 0.2) is 109 Å². The van der Waals surface area contributed by atoms with Gasteiger partial charge < -0.3 is 10.1 Å². The summed E-state index contributed by atoms with van der Waals surface area (Å²) in [4.78, 5) is 12.5. The minimum absolute atomic E-state index is 0.0498. The van der Waals surface area contributed by atoms with Gasteiger partial charge in [-0.1, -0.05) is 78.9 Å².